The molecule has 3 nitrogen and oxygen atoms in total. The quantitative estimate of drug-likeness (QED) is 0.263. The Bertz CT molecular complexity index is 1730. The third-order valence-corrected chi connectivity index (χ3v) is 6.16. The molecule has 0 radical (unpaired) electrons. The van der Waals surface area contributed by atoms with Gasteiger partial charge in [-0.3, -0.25) is 0 Å². The maximum atomic E-state index is 5.26. The van der Waals surface area contributed by atoms with Crippen LogP contribution in [0.4, 0.5) is 0 Å². The molecule has 0 aliphatic heterocycles. The van der Waals surface area contributed by atoms with Crippen molar-refractivity contribution in [1.29, 1.82) is 0 Å². The van der Waals surface area contributed by atoms with Crippen LogP contribution in [0.1, 0.15) is 6.92 Å². The number of allylic oxidation sites excluding steroid dienone is 5. The number of benzene rings is 3. The minimum atomic E-state index is 0.905. The molecule has 3 heterocycles. The van der Waals surface area contributed by atoms with Gasteiger partial charge in [0.05, 0.1) is 33.1 Å². The second kappa shape index (κ2) is 7.64. The Balaban J connectivity index is 1.77. The molecule has 0 atom stereocenters. The molecular weight excluding hydrogens is 402 g/mol. The predicted molar refractivity (Wildman–Crippen MR) is 141 cm³/mol. The van der Waals surface area contributed by atoms with Crippen LogP contribution >= 0.6 is 0 Å². The maximum Gasteiger partial charge on any atom is 0.0972 e. The SMILES string of the molecule is C=C(/C=C\C=C/C)n1c2ccccc2c2nc3c4ccccc4n(-c4ccccc4)c3cc21. The van der Waals surface area contributed by atoms with Gasteiger partial charge in [-0.2, -0.15) is 0 Å². The van der Waals surface area contributed by atoms with Crippen LogP contribution in [-0.4, -0.2) is 14.1 Å². The van der Waals surface area contributed by atoms with Gasteiger partial charge >= 0.3 is 0 Å². The highest BCUT2D eigenvalue weighted by molar-refractivity contribution is 6.15. The molecule has 6 aromatic rings. The summed E-state index contributed by atoms with van der Waals surface area (Å²) in [5, 5.41) is 2.29. The standard InChI is InChI=1S/C30H23N3/c1-3-4-6-13-21(2)32-25-18-11-9-16-23(25)29-27(32)20-28-30(31-29)24-17-10-12-19-26(24)33(28)22-14-7-5-8-15-22/h3-20H,2H2,1H3/b4-3-,13-6-. The van der Waals surface area contributed by atoms with Crippen molar-refractivity contribution in [3.63, 3.8) is 0 Å². The van der Waals surface area contributed by atoms with Crippen molar-refractivity contribution in [3.8, 4) is 5.69 Å². The number of nitrogens with zero attached hydrogens (tertiary/aromatic N) is 3. The molecule has 158 valence electrons. The van der Waals surface area contributed by atoms with Crippen LogP contribution in [0.15, 0.2) is 116 Å². The van der Waals surface area contributed by atoms with Crippen molar-refractivity contribution >= 4 is 49.6 Å². The highest BCUT2D eigenvalue weighted by Crippen LogP contribution is 2.37. The molecule has 0 saturated carbocycles. The fourth-order valence-corrected chi connectivity index (χ4v) is 4.74. The van der Waals surface area contributed by atoms with Crippen LogP contribution in [0, 0.1) is 0 Å². The summed E-state index contributed by atoms with van der Waals surface area (Å²) in [6.45, 7) is 6.39. The molecule has 0 spiro atoms. The zero-order valence-corrected chi connectivity index (χ0v) is 18.4. The highest BCUT2D eigenvalue weighted by atomic mass is 15.0. The number of hydrogen-bond donors (Lipinski definition) is 0. The van der Waals surface area contributed by atoms with Crippen LogP contribution in [-0.2, 0) is 0 Å². The van der Waals surface area contributed by atoms with E-state index in [-0.39, 0.29) is 0 Å². The summed E-state index contributed by atoms with van der Waals surface area (Å²) in [6.07, 6.45) is 8.10. The average molecular weight is 426 g/mol. The molecule has 3 heteroatoms. The summed E-state index contributed by atoms with van der Waals surface area (Å²) >= 11 is 0. The van der Waals surface area contributed by atoms with Gasteiger partial charge in [0.1, 0.15) is 0 Å². The lowest BCUT2D eigenvalue weighted by molar-refractivity contribution is 1.17. The van der Waals surface area contributed by atoms with Crippen molar-refractivity contribution in [1.82, 2.24) is 14.1 Å². The van der Waals surface area contributed by atoms with E-state index < -0.39 is 0 Å². The molecule has 3 aromatic heterocycles. The second-order valence-corrected chi connectivity index (χ2v) is 8.14. The lowest BCUT2D eigenvalue weighted by atomic mass is 10.2. The summed E-state index contributed by atoms with van der Waals surface area (Å²) in [5.41, 5.74) is 8.44. The van der Waals surface area contributed by atoms with Crippen LogP contribution < -0.4 is 0 Å². The molecule has 0 aliphatic rings. The number of rotatable bonds is 4. The molecule has 33 heavy (non-hydrogen) atoms. The summed E-state index contributed by atoms with van der Waals surface area (Å²) in [5.74, 6) is 0. The molecule has 0 amide bonds. The Morgan fingerprint density at radius 3 is 2.12 bits per heavy atom. The van der Waals surface area contributed by atoms with Gasteiger partial charge in [-0.05, 0) is 43.3 Å². The predicted octanol–water partition coefficient (Wildman–Crippen LogP) is 7.89. The van der Waals surface area contributed by atoms with Gasteiger partial charge < -0.3 is 9.13 Å². The number of hydrogen-bond acceptors (Lipinski definition) is 1. The van der Waals surface area contributed by atoms with E-state index in [1.54, 1.807) is 0 Å². The van der Waals surface area contributed by atoms with Crippen molar-refractivity contribution in [2.24, 2.45) is 0 Å². The molecule has 0 fully saturated rings. The summed E-state index contributed by atoms with van der Waals surface area (Å²) in [7, 11) is 0. The van der Waals surface area contributed by atoms with E-state index in [0.29, 0.717) is 0 Å². The van der Waals surface area contributed by atoms with E-state index >= 15 is 0 Å². The smallest absolute Gasteiger partial charge is 0.0972 e. The van der Waals surface area contributed by atoms with Gasteiger partial charge in [0.25, 0.3) is 0 Å². The number of para-hydroxylation sites is 3. The van der Waals surface area contributed by atoms with Crippen molar-refractivity contribution in [2.45, 2.75) is 6.92 Å². The largest absolute Gasteiger partial charge is 0.308 e. The van der Waals surface area contributed by atoms with E-state index in [0.717, 1.165) is 55.3 Å². The zero-order valence-electron chi connectivity index (χ0n) is 18.4. The van der Waals surface area contributed by atoms with E-state index in [4.69, 9.17) is 4.98 Å². The first-order valence-electron chi connectivity index (χ1n) is 11.2. The van der Waals surface area contributed by atoms with Gasteiger partial charge in [0.15, 0.2) is 0 Å². The maximum absolute atomic E-state index is 5.26. The van der Waals surface area contributed by atoms with Gasteiger partial charge in [-0.25, -0.2) is 4.98 Å². The Hall–Kier alpha value is -4.37. The van der Waals surface area contributed by atoms with Gasteiger partial charge in [-0.1, -0.05) is 79.4 Å². The highest BCUT2D eigenvalue weighted by Gasteiger charge is 2.19. The molecule has 0 unspecified atom stereocenters. The Morgan fingerprint density at radius 2 is 1.36 bits per heavy atom. The Labute approximate surface area is 192 Å². The first-order valence-corrected chi connectivity index (χ1v) is 11.2. The molecule has 3 aromatic carbocycles. The van der Waals surface area contributed by atoms with E-state index in [2.05, 4.69) is 94.6 Å². The third-order valence-electron chi connectivity index (χ3n) is 6.16. The molecule has 6 rings (SSSR count). The van der Waals surface area contributed by atoms with Crippen LogP contribution in [0.25, 0.3) is 55.3 Å². The van der Waals surface area contributed by atoms with Crippen LogP contribution in [0.3, 0.4) is 0 Å². The van der Waals surface area contributed by atoms with Crippen LogP contribution in [0.2, 0.25) is 0 Å². The Kier molecular flexibility index (Phi) is 4.48. The van der Waals surface area contributed by atoms with Gasteiger partial charge in [0, 0.05) is 22.2 Å². The van der Waals surface area contributed by atoms with Crippen LogP contribution in [0.5, 0.6) is 0 Å². The minimum absolute atomic E-state index is 0.905. The summed E-state index contributed by atoms with van der Waals surface area (Å²) in [6, 6.07) is 29.7. The number of fused-ring (bicyclic) bond motifs is 6. The number of aromatic nitrogens is 3. The lowest BCUT2D eigenvalue weighted by Crippen LogP contribution is -1.96. The monoisotopic (exact) mass is 425 g/mol. The van der Waals surface area contributed by atoms with E-state index in [1.165, 1.54) is 0 Å². The normalized spacial score (nSPS) is 12.3. The zero-order chi connectivity index (χ0) is 22.4. The first kappa shape index (κ1) is 19.3. The Morgan fingerprint density at radius 1 is 0.727 bits per heavy atom. The van der Waals surface area contributed by atoms with Crippen molar-refractivity contribution in [2.75, 3.05) is 0 Å². The van der Waals surface area contributed by atoms with E-state index in [9.17, 15) is 0 Å². The molecule has 0 aliphatic carbocycles. The fraction of sp³-hybridized carbons (Fsp3) is 0.0333. The lowest BCUT2D eigenvalue weighted by Gasteiger charge is -2.09. The number of pyridine rings is 1. The summed E-state index contributed by atoms with van der Waals surface area (Å²) in [4.78, 5) is 5.26. The molecular formula is C30H23N3. The van der Waals surface area contributed by atoms with E-state index in [1.807, 2.05) is 37.3 Å². The van der Waals surface area contributed by atoms with Crippen molar-refractivity contribution < 1.29 is 0 Å². The second-order valence-electron chi connectivity index (χ2n) is 8.14. The minimum Gasteiger partial charge on any atom is -0.308 e. The van der Waals surface area contributed by atoms with Gasteiger partial charge in [0.2, 0.25) is 0 Å². The topological polar surface area (TPSA) is 22.8 Å². The van der Waals surface area contributed by atoms with Gasteiger partial charge in [-0.15, -0.1) is 0 Å². The summed E-state index contributed by atoms with van der Waals surface area (Å²) < 4.78 is 4.52. The molecule has 0 bridgehead atoms. The molecule has 0 saturated heterocycles. The molecule has 0 N–H and O–H groups in total. The average Bonchev–Trinajstić information content (AvgIpc) is 3.35. The fourth-order valence-electron chi connectivity index (χ4n) is 4.74. The van der Waals surface area contributed by atoms with Crippen molar-refractivity contribution in [3.05, 3.63) is 116 Å². The third kappa shape index (κ3) is 2.94. The first-order chi connectivity index (χ1) is 16.3.